The first kappa shape index (κ1) is 20.9. The molecular formula is C30H28N2O2. The summed E-state index contributed by atoms with van der Waals surface area (Å²) in [6, 6.07) is 26.0. The number of amides is 1. The monoisotopic (exact) mass is 448 g/mol. The second kappa shape index (κ2) is 8.62. The van der Waals surface area contributed by atoms with Crippen LogP contribution in [-0.4, -0.2) is 26.2 Å². The van der Waals surface area contributed by atoms with Crippen LogP contribution < -0.4 is 10.6 Å². The highest BCUT2D eigenvalue weighted by Gasteiger charge is 2.39. The Morgan fingerprint density at radius 2 is 1.74 bits per heavy atom. The van der Waals surface area contributed by atoms with Crippen molar-refractivity contribution >= 4 is 33.1 Å². The van der Waals surface area contributed by atoms with Gasteiger partial charge in [0.1, 0.15) is 0 Å². The molecule has 170 valence electrons. The number of ether oxygens (including phenoxy) is 1. The van der Waals surface area contributed by atoms with E-state index < -0.39 is 0 Å². The van der Waals surface area contributed by atoms with E-state index in [1.54, 1.807) is 7.11 Å². The van der Waals surface area contributed by atoms with Crippen molar-refractivity contribution in [3.8, 4) is 0 Å². The van der Waals surface area contributed by atoms with Gasteiger partial charge in [0.15, 0.2) is 0 Å². The van der Waals surface area contributed by atoms with Crippen LogP contribution in [0.5, 0.6) is 0 Å². The zero-order chi connectivity index (χ0) is 23.1. The standard InChI is InChI=1S/C30H28N2O2/c1-34-16-15-31-30(33)21-13-14-27-26(18-21)24-11-6-12-25(24)29(32-27)28-22-9-4-2-7-19(22)17-20-8-3-5-10-23(20)28/h2-11,13-14,17-18,24-25,29,32H,12,15-16H2,1H3,(H,31,33). The second-order valence-corrected chi connectivity index (χ2v) is 9.26. The molecule has 0 aromatic heterocycles. The molecule has 3 unspecified atom stereocenters. The van der Waals surface area contributed by atoms with Crippen molar-refractivity contribution in [3.05, 3.63) is 102 Å². The summed E-state index contributed by atoms with van der Waals surface area (Å²) in [5.74, 6) is 0.625. The van der Waals surface area contributed by atoms with Gasteiger partial charge in [-0.05, 0) is 69.3 Å². The quantitative estimate of drug-likeness (QED) is 0.217. The first-order valence-corrected chi connectivity index (χ1v) is 12.0. The average Bonchev–Trinajstić information content (AvgIpc) is 3.37. The number of carbonyl (C=O) groups excluding carboxylic acids is 1. The Kier molecular flexibility index (Phi) is 5.31. The molecule has 4 nitrogen and oxygen atoms in total. The van der Waals surface area contributed by atoms with Crippen LogP contribution >= 0.6 is 0 Å². The third-order valence-electron chi connectivity index (χ3n) is 7.34. The number of methoxy groups -OCH3 is 1. The summed E-state index contributed by atoms with van der Waals surface area (Å²) in [5, 5.41) is 12.0. The Bertz CT molecular complexity index is 1370. The van der Waals surface area contributed by atoms with Crippen LogP contribution in [-0.2, 0) is 4.74 Å². The Morgan fingerprint density at radius 1 is 1.00 bits per heavy atom. The Balaban J connectivity index is 1.45. The minimum Gasteiger partial charge on any atom is -0.383 e. The molecule has 4 aromatic carbocycles. The molecule has 1 aliphatic carbocycles. The Hall–Kier alpha value is -3.63. The molecule has 6 rings (SSSR count). The van der Waals surface area contributed by atoms with Gasteiger partial charge in [0.05, 0.1) is 12.6 Å². The molecule has 0 saturated carbocycles. The molecule has 0 fully saturated rings. The van der Waals surface area contributed by atoms with Gasteiger partial charge in [0.25, 0.3) is 5.91 Å². The minimum atomic E-state index is -0.0550. The van der Waals surface area contributed by atoms with E-state index in [2.05, 4.69) is 89.5 Å². The summed E-state index contributed by atoms with van der Waals surface area (Å²) in [5.41, 5.74) is 4.39. The maximum absolute atomic E-state index is 12.7. The molecule has 0 saturated heterocycles. The summed E-state index contributed by atoms with van der Waals surface area (Å²) in [7, 11) is 1.64. The molecule has 2 aliphatic rings. The lowest BCUT2D eigenvalue weighted by atomic mass is 9.75. The third kappa shape index (κ3) is 3.46. The zero-order valence-electron chi connectivity index (χ0n) is 19.3. The highest BCUT2D eigenvalue weighted by Crippen LogP contribution is 2.52. The number of hydrogen-bond acceptors (Lipinski definition) is 3. The van der Waals surface area contributed by atoms with Crippen LogP contribution in [0.4, 0.5) is 5.69 Å². The fraction of sp³-hybridized carbons (Fsp3) is 0.233. The van der Waals surface area contributed by atoms with Crippen molar-refractivity contribution in [1.82, 2.24) is 5.32 Å². The highest BCUT2D eigenvalue weighted by molar-refractivity contribution is 6.03. The van der Waals surface area contributed by atoms with Gasteiger partial charge < -0.3 is 15.4 Å². The van der Waals surface area contributed by atoms with Crippen molar-refractivity contribution in [2.24, 2.45) is 5.92 Å². The largest absolute Gasteiger partial charge is 0.383 e. The SMILES string of the molecule is COCCNC(=O)c1ccc2c(c1)C1C=CCC1C(c1c3ccccc3cc3ccccc13)N2. The molecule has 3 atom stereocenters. The van der Waals surface area contributed by atoms with Gasteiger partial charge in [-0.1, -0.05) is 60.7 Å². The summed E-state index contributed by atoms with van der Waals surface area (Å²) < 4.78 is 5.06. The lowest BCUT2D eigenvalue weighted by molar-refractivity contribution is 0.0937. The van der Waals surface area contributed by atoms with Crippen molar-refractivity contribution < 1.29 is 9.53 Å². The normalized spacial score (nSPS) is 20.7. The number of nitrogens with one attached hydrogen (secondary N) is 2. The van der Waals surface area contributed by atoms with Gasteiger partial charge in [0.2, 0.25) is 0 Å². The van der Waals surface area contributed by atoms with E-state index in [9.17, 15) is 4.79 Å². The topological polar surface area (TPSA) is 50.4 Å². The molecule has 1 aliphatic heterocycles. The average molecular weight is 449 g/mol. The van der Waals surface area contributed by atoms with Gasteiger partial charge >= 0.3 is 0 Å². The van der Waals surface area contributed by atoms with Crippen LogP contribution in [0.25, 0.3) is 21.5 Å². The molecule has 2 N–H and O–H groups in total. The molecular weight excluding hydrogens is 420 g/mol. The van der Waals surface area contributed by atoms with E-state index in [1.165, 1.54) is 32.7 Å². The number of fused-ring (bicyclic) bond motifs is 5. The van der Waals surface area contributed by atoms with Crippen molar-refractivity contribution in [2.75, 3.05) is 25.6 Å². The molecule has 0 spiro atoms. The summed E-state index contributed by atoms with van der Waals surface area (Å²) in [4.78, 5) is 12.7. The molecule has 1 amide bonds. The van der Waals surface area contributed by atoms with Gasteiger partial charge in [-0.15, -0.1) is 0 Å². The first-order valence-electron chi connectivity index (χ1n) is 12.0. The molecule has 1 heterocycles. The summed E-state index contributed by atoms with van der Waals surface area (Å²) in [6.07, 6.45) is 5.65. The molecule has 4 heteroatoms. The van der Waals surface area contributed by atoms with E-state index in [0.717, 1.165) is 12.1 Å². The lowest BCUT2D eigenvalue weighted by Crippen LogP contribution is -2.30. The maximum Gasteiger partial charge on any atom is 0.251 e. The van der Waals surface area contributed by atoms with Gasteiger partial charge in [-0.2, -0.15) is 0 Å². The lowest BCUT2D eigenvalue weighted by Gasteiger charge is -2.38. The minimum absolute atomic E-state index is 0.0550. The maximum atomic E-state index is 12.7. The third-order valence-corrected chi connectivity index (χ3v) is 7.34. The molecule has 0 bridgehead atoms. The van der Waals surface area contributed by atoms with Gasteiger partial charge in [0, 0.05) is 30.8 Å². The highest BCUT2D eigenvalue weighted by atomic mass is 16.5. The number of carbonyl (C=O) groups is 1. The van der Waals surface area contributed by atoms with Gasteiger partial charge in [-0.3, -0.25) is 4.79 Å². The van der Waals surface area contributed by atoms with Crippen molar-refractivity contribution in [2.45, 2.75) is 18.4 Å². The zero-order valence-corrected chi connectivity index (χ0v) is 19.3. The molecule has 0 radical (unpaired) electrons. The van der Waals surface area contributed by atoms with Crippen LogP contribution in [0.2, 0.25) is 0 Å². The number of rotatable bonds is 5. The second-order valence-electron chi connectivity index (χ2n) is 9.26. The summed E-state index contributed by atoms with van der Waals surface area (Å²) >= 11 is 0. The number of benzene rings is 4. The predicted molar refractivity (Wildman–Crippen MR) is 138 cm³/mol. The van der Waals surface area contributed by atoms with Crippen LogP contribution in [0.15, 0.2) is 84.9 Å². The number of allylic oxidation sites excluding steroid dienone is 2. The summed E-state index contributed by atoms with van der Waals surface area (Å²) in [6.45, 7) is 1.01. The van der Waals surface area contributed by atoms with Gasteiger partial charge in [-0.25, -0.2) is 0 Å². The van der Waals surface area contributed by atoms with Crippen LogP contribution in [0, 0.1) is 5.92 Å². The van der Waals surface area contributed by atoms with E-state index >= 15 is 0 Å². The van der Waals surface area contributed by atoms with E-state index in [0.29, 0.717) is 24.6 Å². The van der Waals surface area contributed by atoms with Crippen LogP contribution in [0.3, 0.4) is 0 Å². The van der Waals surface area contributed by atoms with Crippen molar-refractivity contribution in [1.29, 1.82) is 0 Å². The Labute approximate surface area is 199 Å². The van der Waals surface area contributed by atoms with E-state index in [-0.39, 0.29) is 17.9 Å². The number of anilines is 1. The number of hydrogen-bond donors (Lipinski definition) is 2. The van der Waals surface area contributed by atoms with E-state index in [4.69, 9.17) is 4.74 Å². The smallest absolute Gasteiger partial charge is 0.251 e. The Morgan fingerprint density at radius 3 is 2.47 bits per heavy atom. The molecule has 34 heavy (non-hydrogen) atoms. The van der Waals surface area contributed by atoms with Crippen LogP contribution in [0.1, 0.15) is 39.9 Å². The first-order chi connectivity index (χ1) is 16.7. The van der Waals surface area contributed by atoms with Crippen molar-refractivity contribution in [3.63, 3.8) is 0 Å². The van der Waals surface area contributed by atoms with E-state index in [1.807, 2.05) is 6.07 Å². The predicted octanol–water partition coefficient (Wildman–Crippen LogP) is 6.20. The molecule has 4 aromatic rings. The fourth-order valence-electron chi connectivity index (χ4n) is 5.77. The fourth-order valence-corrected chi connectivity index (χ4v) is 5.77.